The highest BCUT2D eigenvalue weighted by Crippen LogP contribution is 2.22. The number of hydrogen-bond acceptors (Lipinski definition) is 5. The number of benzene rings is 2. The molecule has 2 aromatic rings. The molecule has 2 aromatic carbocycles. The predicted octanol–water partition coefficient (Wildman–Crippen LogP) is 1.76. The molecule has 0 heterocycles. The summed E-state index contributed by atoms with van der Waals surface area (Å²) >= 11 is 0. The zero-order chi connectivity index (χ0) is 17.9. The molecule has 0 radical (unpaired) electrons. The lowest BCUT2D eigenvalue weighted by atomic mass is 10.1. The van der Waals surface area contributed by atoms with E-state index in [1.54, 1.807) is 30.3 Å². The monoisotopic (exact) mass is 356 g/mol. The van der Waals surface area contributed by atoms with Crippen molar-refractivity contribution in [2.45, 2.75) is 23.8 Å². The van der Waals surface area contributed by atoms with E-state index in [2.05, 4.69) is 15.6 Å². The Kier molecular flexibility index (Phi) is 4.70. The molecule has 128 valence electrons. The minimum atomic E-state index is -3.49. The molecule has 0 aliphatic heterocycles. The summed E-state index contributed by atoms with van der Waals surface area (Å²) in [7, 11) is -3.49. The van der Waals surface area contributed by atoms with E-state index < -0.39 is 15.9 Å². The van der Waals surface area contributed by atoms with Crippen molar-refractivity contribution in [3.63, 3.8) is 0 Å². The molecule has 1 fully saturated rings. The van der Waals surface area contributed by atoms with Gasteiger partial charge in [0.05, 0.1) is 22.2 Å². The van der Waals surface area contributed by atoms with Crippen molar-refractivity contribution in [2.24, 2.45) is 0 Å². The third kappa shape index (κ3) is 4.35. The summed E-state index contributed by atoms with van der Waals surface area (Å²) in [5, 5.41) is 8.85. The molecule has 1 saturated carbocycles. The summed E-state index contributed by atoms with van der Waals surface area (Å²) in [4.78, 5) is 12.2. The Balaban J connectivity index is 1.61. The molecule has 3 N–H and O–H groups in total. The van der Waals surface area contributed by atoms with Crippen LogP contribution in [0.2, 0.25) is 0 Å². The maximum atomic E-state index is 12.1. The van der Waals surface area contributed by atoms with E-state index in [-0.39, 0.29) is 10.9 Å². The van der Waals surface area contributed by atoms with Crippen LogP contribution in [0.1, 0.15) is 28.8 Å². The number of amides is 1. The van der Waals surface area contributed by atoms with E-state index >= 15 is 0 Å². The fourth-order valence-electron chi connectivity index (χ4n) is 2.14. The number of hydrazine groups is 1. The molecular formula is C17H16N4O3S. The molecule has 3 rings (SSSR count). The summed E-state index contributed by atoms with van der Waals surface area (Å²) in [6, 6.07) is 14.4. The number of rotatable bonds is 6. The Labute approximate surface area is 145 Å². The molecule has 7 nitrogen and oxygen atoms in total. The molecule has 1 aliphatic rings. The first-order valence-corrected chi connectivity index (χ1v) is 9.15. The second-order valence-electron chi connectivity index (χ2n) is 5.69. The summed E-state index contributed by atoms with van der Waals surface area (Å²) in [6.45, 7) is 0. The van der Waals surface area contributed by atoms with Crippen LogP contribution < -0.4 is 15.6 Å². The Morgan fingerprint density at radius 3 is 2.48 bits per heavy atom. The molecule has 8 heteroatoms. The van der Waals surface area contributed by atoms with Crippen LogP contribution in [0.4, 0.5) is 5.69 Å². The third-order valence-corrected chi connectivity index (χ3v) is 5.17. The van der Waals surface area contributed by atoms with Gasteiger partial charge in [-0.3, -0.25) is 15.6 Å². The first kappa shape index (κ1) is 17.0. The molecule has 0 bridgehead atoms. The SMILES string of the molecule is N#Cc1cccc(C(=O)NNc2ccc(S(=O)(=O)NC3CC3)cc2)c1. The molecule has 0 aromatic heterocycles. The second kappa shape index (κ2) is 6.93. The fourth-order valence-corrected chi connectivity index (χ4v) is 3.44. The average Bonchev–Trinajstić information content (AvgIpc) is 3.43. The first-order valence-electron chi connectivity index (χ1n) is 7.67. The van der Waals surface area contributed by atoms with Gasteiger partial charge in [-0.1, -0.05) is 6.07 Å². The van der Waals surface area contributed by atoms with Gasteiger partial charge in [-0.15, -0.1) is 0 Å². The lowest BCUT2D eigenvalue weighted by molar-refractivity contribution is 0.0962. The standard InChI is InChI=1S/C17H16N4O3S/c18-11-12-2-1-3-13(10-12)17(22)20-19-14-6-8-16(9-7-14)25(23,24)21-15-4-5-15/h1-3,6-10,15,19,21H,4-5H2,(H,20,22). The minimum Gasteiger partial charge on any atom is -0.298 e. The van der Waals surface area contributed by atoms with Crippen LogP contribution in [0.3, 0.4) is 0 Å². The highest BCUT2D eigenvalue weighted by atomic mass is 32.2. The summed E-state index contributed by atoms with van der Waals surface area (Å²) in [5.41, 5.74) is 6.50. The Bertz CT molecular complexity index is 929. The van der Waals surface area contributed by atoms with Crippen molar-refractivity contribution in [1.29, 1.82) is 5.26 Å². The lowest BCUT2D eigenvalue weighted by Gasteiger charge is -2.10. The summed E-state index contributed by atoms with van der Waals surface area (Å²) in [5.74, 6) is -0.399. The molecular weight excluding hydrogens is 340 g/mol. The van der Waals surface area contributed by atoms with Gasteiger partial charge >= 0.3 is 0 Å². The summed E-state index contributed by atoms with van der Waals surface area (Å²) < 4.78 is 26.8. The Morgan fingerprint density at radius 1 is 1.12 bits per heavy atom. The predicted molar refractivity (Wildman–Crippen MR) is 92.0 cm³/mol. The van der Waals surface area contributed by atoms with Gasteiger partial charge in [-0.05, 0) is 55.3 Å². The highest BCUT2D eigenvalue weighted by Gasteiger charge is 2.27. The number of anilines is 1. The number of hydrogen-bond donors (Lipinski definition) is 3. The van der Waals surface area contributed by atoms with E-state index in [1.807, 2.05) is 6.07 Å². The van der Waals surface area contributed by atoms with Crippen molar-refractivity contribution in [3.05, 3.63) is 59.7 Å². The van der Waals surface area contributed by atoms with Crippen molar-refractivity contribution in [1.82, 2.24) is 10.1 Å². The van der Waals surface area contributed by atoms with E-state index in [9.17, 15) is 13.2 Å². The largest absolute Gasteiger partial charge is 0.298 e. The average molecular weight is 356 g/mol. The quantitative estimate of drug-likeness (QED) is 0.683. The van der Waals surface area contributed by atoms with Crippen LogP contribution in [0.5, 0.6) is 0 Å². The van der Waals surface area contributed by atoms with Crippen LogP contribution >= 0.6 is 0 Å². The van der Waals surface area contributed by atoms with Gasteiger partial charge in [-0.2, -0.15) is 5.26 Å². The molecule has 1 amide bonds. The Hall–Kier alpha value is -2.89. The van der Waals surface area contributed by atoms with E-state index in [0.29, 0.717) is 16.8 Å². The van der Waals surface area contributed by atoms with Crippen molar-refractivity contribution < 1.29 is 13.2 Å². The van der Waals surface area contributed by atoms with Gasteiger partial charge in [0.15, 0.2) is 0 Å². The van der Waals surface area contributed by atoms with E-state index in [1.165, 1.54) is 18.2 Å². The van der Waals surface area contributed by atoms with Gasteiger partial charge in [0, 0.05) is 11.6 Å². The molecule has 25 heavy (non-hydrogen) atoms. The zero-order valence-corrected chi connectivity index (χ0v) is 14.0. The molecule has 0 unspecified atom stereocenters. The van der Waals surface area contributed by atoms with Crippen LogP contribution in [0.25, 0.3) is 0 Å². The topological polar surface area (TPSA) is 111 Å². The van der Waals surface area contributed by atoms with Crippen LogP contribution in [0.15, 0.2) is 53.4 Å². The smallest absolute Gasteiger partial charge is 0.269 e. The highest BCUT2D eigenvalue weighted by molar-refractivity contribution is 7.89. The van der Waals surface area contributed by atoms with Gasteiger partial charge in [0.25, 0.3) is 5.91 Å². The van der Waals surface area contributed by atoms with Crippen molar-refractivity contribution >= 4 is 21.6 Å². The van der Waals surface area contributed by atoms with Gasteiger partial charge in [0.1, 0.15) is 0 Å². The third-order valence-electron chi connectivity index (χ3n) is 3.64. The minimum absolute atomic E-state index is 0.0475. The zero-order valence-electron chi connectivity index (χ0n) is 13.2. The first-order chi connectivity index (χ1) is 12.0. The summed E-state index contributed by atoms with van der Waals surface area (Å²) in [6.07, 6.45) is 1.75. The molecule has 0 saturated heterocycles. The number of nitrogens with zero attached hydrogens (tertiary/aromatic N) is 1. The number of carbonyl (C=O) groups is 1. The number of sulfonamides is 1. The maximum absolute atomic E-state index is 12.1. The van der Waals surface area contributed by atoms with Crippen molar-refractivity contribution in [3.8, 4) is 6.07 Å². The van der Waals surface area contributed by atoms with Gasteiger partial charge in [0.2, 0.25) is 10.0 Å². The maximum Gasteiger partial charge on any atom is 0.269 e. The second-order valence-corrected chi connectivity index (χ2v) is 7.41. The fraction of sp³-hybridized carbons (Fsp3) is 0.176. The molecule has 0 spiro atoms. The molecule has 0 atom stereocenters. The van der Waals surface area contributed by atoms with Gasteiger partial charge < -0.3 is 0 Å². The number of nitrogens with one attached hydrogen (secondary N) is 3. The number of nitriles is 1. The lowest BCUT2D eigenvalue weighted by Crippen LogP contribution is -2.29. The number of carbonyl (C=O) groups excluding carboxylic acids is 1. The van der Waals surface area contributed by atoms with E-state index in [4.69, 9.17) is 5.26 Å². The van der Waals surface area contributed by atoms with Crippen LogP contribution in [0, 0.1) is 11.3 Å². The van der Waals surface area contributed by atoms with Crippen LogP contribution in [-0.2, 0) is 10.0 Å². The molecule has 1 aliphatic carbocycles. The van der Waals surface area contributed by atoms with Crippen LogP contribution in [-0.4, -0.2) is 20.4 Å². The van der Waals surface area contributed by atoms with Gasteiger partial charge in [-0.25, -0.2) is 13.1 Å². The Morgan fingerprint density at radius 2 is 1.84 bits per heavy atom. The van der Waals surface area contributed by atoms with Crippen molar-refractivity contribution in [2.75, 3.05) is 5.43 Å². The van der Waals surface area contributed by atoms with E-state index in [0.717, 1.165) is 12.8 Å². The normalized spacial score (nSPS) is 13.7.